The minimum Gasteiger partial charge on any atom is -0.352 e. The molecule has 1 aromatic rings. The molecule has 0 saturated carbocycles. The van der Waals surface area contributed by atoms with Crippen molar-refractivity contribution < 1.29 is 9.59 Å². The molecule has 136 valence electrons. The van der Waals surface area contributed by atoms with E-state index in [2.05, 4.69) is 17.1 Å². The van der Waals surface area contributed by atoms with Crippen LogP contribution < -0.4 is 10.2 Å². The predicted molar refractivity (Wildman–Crippen MR) is 99.9 cm³/mol. The number of benzene rings is 1. The fraction of sp³-hybridized carbons (Fsp3) is 0.600. The summed E-state index contributed by atoms with van der Waals surface area (Å²) in [5, 5.41) is 3.01. The van der Waals surface area contributed by atoms with Crippen molar-refractivity contribution in [1.29, 1.82) is 0 Å². The molecule has 0 bridgehead atoms. The van der Waals surface area contributed by atoms with E-state index in [0.29, 0.717) is 24.6 Å². The molecular weight excluding hydrogens is 314 g/mol. The molecule has 2 aliphatic rings. The summed E-state index contributed by atoms with van der Waals surface area (Å²) >= 11 is 0. The zero-order valence-electron chi connectivity index (χ0n) is 15.2. The molecule has 2 fully saturated rings. The second-order valence-electron chi connectivity index (χ2n) is 7.19. The fourth-order valence-corrected chi connectivity index (χ4v) is 3.79. The van der Waals surface area contributed by atoms with E-state index in [1.54, 1.807) is 4.90 Å². The largest absolute Gasteiger partial charge is 0.352 e. The first-order valence-corrected chi connectivity index (χ1v) is 9.58. The van der Waals surface area contributed by atoms with Gasteiger partial charge in [-0.2, -0.15) is 0 Å². The van der Waals surface area contributed by atoms with E-state index in [1.807, 2.05) is 24.3 Å². The van der Waals surface area contributed by atoms with Crippen LogP contribution in [-0.4, -0.2) is 48.9 Å². The number of amides is 2. The molecule has 1 N–H and O–H groups in total. The maximum Gasteiger partial charge on any atom is 0.251 e. The van der Waals surface area contributed by atoms with Gasteiger partial charge in [-0.1, -0.05) is 6.42 Å². The first-order valence-electron chi connectivity index (χ1n) is 9.58. The second-order valence-corrected chi connectivity index (χ2v) is 7.19. The summed E-state index contributed by atoms with van der Waals surface area (Å²) in [5.41, 5.74) is 1.54. The quantitative estimate of drug-likeness (QED) is 0.808. The van der Waals surface area contributed by atoms with Crippen molar-refractivity contribution in [1.82, 2.24) is 10.2 Å². The third kappa shape index (κ3) is 4.60. The molecule has 0 aliphatic carbocycles. The Morgan fingerprint density at radius 3 is 2.64 bits per heavy atom. The Kier molecular flexibility index (Phi) is 6.08. The van der Waals surface area contributed by atoms with Crippen LogP contribution in [0.1, 0.15) is 55.8 Å². The SMILES string of the molecule is CC1CCCCN1CCCNC(=O)c1ccc(N2CCCC2=O)cc1. The van der Waals surface area contributed by atoms with Gasteiger partial charge >= 0.3 is 0 Å². The topological polar surface area (TPSA) is 52.7 Å². The maximum atomic E-state index is 12.3. The highest BCUT2D eigenvalue weighted by Crippen LogP contribution is 2.21. The Hall–Kier alpha value is -1.88. The monoisotopic (exact) mass is 343 g/mol. The van der Waals surface area contributed by atoms with E-state index in [9.17, 15) is 9.59 Å². The number of carbonyl (C=O) groups is 2. The highest BCUT2D eigenvalue weighted by Gasteiger charge is 2.21. The Morgan fingerprint density at radius 2 is 1.96 bits per heavy atom. The predicted octanol–water partition coefficient (Wildman–Crippen LogP) is 2.81. The van der Waals surface area contributed by atoms with E-state index >= 15 is 0 Å². The van der Waals surface area contributed by atoms with Crippen molar-refractivity contribution in [3.8, 4) is 0 Å². The summed E-state index contributed by atoms with van der Waals surface area (Å²) in [7, 11) is 0. The van der Waals surface area contributed by atoms with Gasteiger partial charge in [-0.05, 0) is 63.4 Å². The third-order valence-electron chi connectivity index (χ3n) is 5.36. The summed E-state index contributed by atoms with van der Waals surface area (Å²) < 4.78 is 0. The normalized spacial score (nSPS) is 21.6. The molecule has 5 heteroatoms. The van der Waals surface area contributed by atoms with Crippen LogP contribution in [0.5, 0.6) is 0 Å². The van der Waals surface area contributed by atoms with Crippen molar-refractivity contribution in [3.05, 3.63) is 29.8 Å². The molecule has 2 aliphatic heterocycles. The lowest BCUT2D eigenvalue weighted by Crippen LogP contribution is -2.39. The van der Waals surface area contributed by atoms with Crippen LogP contribution >= 0.6 is 0 Å². The molecule has 1 atom stereocenters. The van der Waals surface area contributed by atoms with Gasteiger partial charge in [0.05, 0.1) is 0 Å². The van der Waals surface area contributed by atoms with Gasteiger partial charge in [-0.15, -0.1) is 0 Å². The smallest absolute Gasteiger partial charge is 0.251 e. The number of likely N-dealkylation sites (tertiary alicyclic amines) is 1. The number of rotatable bonds is 6. The standard InChI is InChI=1S/C20H29N3O2/c1-16-6-2-3-13-22(16)14-5-12-21-20(25)17-8-10-18(11-9-17)23-15-4-7-19(23)24/h8-11,16H,2-7,12-15H2,1H3,(H,21,25). The number of carbonyl (C=O) groups excluding carboxylic acids is 2. The average Bonchev–Trinajstić information content (AvgIpc) is 3.06. The van der Waals surface area contributed by atoms with Crippen LogP contribution in [0.15, 0.2) is 24.3 Å². The number of hydrogen-bond donors (Lipinski definition) is 1. The molecule has 0 spiro atoms. The van der Waals surface area contributed by atoms with Crippen LogP contribution in [0.4, 0.5) is 5.69 Å². The molecule has 2 heterocycles. The van der Waals surface area contributed by atoms with Gasteiger partial charge in [0.1, 0.15) is 0 Å². The number of piperidine rings is 1. The number of hydrogen-bond acceptors (Lipinski definition) is 3. The summed E-state index contributed by atoms with van der Waals surface area (Å²) in [4.78, 5) is 28.3. The lowest BCUT2D eigenvalue weighted by molar-refractivity contribution is -0.117. The van der Waals surface area contributed by atoms with Crippen molar-refractivity contribution in [2.75, 3.05) is 31.1 Å². The van der Waals surface area contributed by atoms with Gasteiger partial charge in [0.15, 0.2) is 0 Å². The molecule has 25 heavy (non-hydrogen) atoms. The highest BCUT2D eigenvalue weighted by molar-refractivity contribution is 5.97. The summed E-state index contributed by atoms with van der Waals surface area (Å²) in [6.45, 7) is 6.02. The van der Waals surface area contributed by atoms with Crippen LogP contribution in [-0.2, 0) is 4.79 Å². The van der Waals surface area contributed by atoms with Gasteiger partial charge in [0.2, 0.25) is 5.91 Å². The van der Waals surface area contributed by atoms with Gasteiger partial charge < -0.3 is 15.1 Å². The molecule has 0 aromatic heterocycles. The lowest BCUT2D eigenvalue weighted by Gasteiger charge is -2.33. The first kappa shape index (κ1) is 17.9. The number of nitrogens with zero attached hydrogens (tertiary/aromatic N) is 2. The molecule has 5 nitrogen and oxygen atoms in total. The number of nitrogens with one attached hydrogen (secondary N) is 1. The Balaban J connectivity index is 1.43. The molecule has 1 aromatic carbocycles. The lowest BCUT2D eigenvalue weighted by atomic mass is 10.0. The Morgan fingerprint density at radius 1 is 1.16 bits per heavy atom. The second kappa shape index (κ2) is 8.48. The molecular formula is C20H29N3O2. The van der Waals surface area contributed by atoms with E-state index < -0.39 is 0 Å². The zero-order chi connectivity index (χ0) is 17.6. The number of anilines is 1. The summed E-state index contributed by atoms with van der Waals surface area (Å²) in [6, 6.07) is 8.03. The molecule has 2 saturated heterocycles. The van der Waals surface area contributed by atoms with Crippen LogP contribution in [0.2, 0.25) is 0 Å². The van der Waals surface area contributed by atoms with E-state index in [-0.39, 0.29) is 11.8 Å². The molecule has 1 unspecified atom stereocenters. The fourth-order valence-electron chi connectivity index (χ4n) is 3.79. The maximum absolute atomic E-state index is 12.3. The van der Waals surface area contributed by atoms with E-state index in [1.165, 1.54) is 25.8 Å². The minimum absolute atomic E-state index is 0.0361. The van der Waals surface area contributed by atoms with Crippen LogP contribution in [0, 0.1) is 0 Å². The third-order valence-corrected chi connectivity index (χ3v) is 5.36. The van der Waals surface area contributed by atoms with Crippen molar-refractivity contribution in [2.24, 2.45) is 0 Å². The first-order chi connectivity index (χ1) is 12.1. The Labute approximate surface area is 150 Å². The van der Waals surface area contributed by atoms with E-state index in [0.717, 1.165) is 31.6 Å². The van der Waals surface area contributed by atoms with Crippen LogP contribution in [0.3, 0.4) is 0 Å². The minimum atomic E-state index is -0.0361. The summed E-state index contributed by atoms with van der Waals surface area (Å²) in [6.07, 6.45) is 6.44. The van der Waals surface area contributed by atoms with Crippen molar-refractivity contribution >= 4 is 17.5 Å². The van der Waals surface area contributed by atoms with Crippen molar-refractivity contribution in [2.45, 2.75) is 51.5 Å². The summed E-state index contributed by atoms with van der Waals surface area (Å²) in [5.74, 6) is 0.134. The van der Waals surface area contributed by atoms with E-state index in [4.69, 9.17) is 0 Å². The van der Waals surface area contributed by atoms with Crippen molar-refractivity contribution in [3.63, 3.8) is 0 Å². The molecule has 2 amide bonds. The average molecular weight is 343 g/mol. The molecule has 0 radical (unpaired) electrons. The zero-order valence-corrected chi connectivity index (χ0v) is 15.2. The van der Waals surface area contributed by atoms with Crippen LogP contribution in [0.25, 0.3) is 0 Å². The van der Waals surface area contributed by atoms with Gasteiger partial charge in [0.25, 0.3) is 5.91 Å². The highest BCUT2D eigenvalue weighted by atomic mass is 16.2. The van der Waals surface area contributed by atoms with Gasteiger partial charge in [0, 0.05) is 43.3 Å². The van der Waals surface area contributed by atoms with Gasteiger partial charge in [-0.25, -0.2) is 0 Å². The van der Waals surface area contributed by atoms with Gasteiger partial charge in [-0.3, -0.25) is 9.59 Å². The molecule has 3 rings (SSSR count). The Bertz CT molecular complexity index is 599.